The number of ketones is 4. The van der Waals surface area contributed by atoms with Crippen LogP contribution in [-0.4, -0.2) is 110 Å². The summed E-state index contributed by atoms with van der Waals surface area (Å²) in [5.74, 6) is 0.848. The Hall–Kier alpha value is -6.49. The first-order valence-corrected chi connectivity index (χ1v) is 26.8. The van der Waals surface area contributed by atoms with E-state index in [4.69, 9.17) is 94.7 Å². The van der Waals surface area contributed by atoms with Gasteiger partial charge in [-0.3, -0.25) is 19.2 Å². The van der Waals surface area contributed by atoms with E-state index in [1.807, 2.05) is 24.3 Å². The number of aromatic nitrogens is 2. The van der Waals surface area contributed by atoms with E-state index in [-0.39, 0.29) is 78.0 Å². The number of ether oxygens (including phenoxy) is 7. The van der Waals surface area contributed by atoms with Crippen LogP contribution in [0.15, 0.2) is 126 Å². The van der Waals surface area contributed by atoms with Crippen LogP contribution >= 0.6 is 62.3 Å². The highest BCUT2D eigenvalue weighted by molar-refractivity contribution is 9.10. The van der Waals surface area contributed by atoms with Gasteiger partial charge in [-0.1, -0.05) is 76.7 Å². The third-order valence-corrected chi connectivity index (χ3v) is 13.5. The number of rotatable bonds is 26. The van der Waals surface area contributed by atoms with Gasteiger partial charge >= 0.3 is 7.12 Å². The van der Waals surface area contributed by atoms with Crippen LogP contribution in [0.5, 0.6) is 28.7 Å². The van der Waals surface area contributed by atoms with Crippen LogP contribution in [0.25, 0.3) is 11.3 Å². The molecule has 0 fully saturated rings. The van der Waals surface area contributed by atoms with Gasteiger partial charge in [0.05, 0.1) is 73.5 Å². The maximum Gasteiger partial charge on any atom is 0.488 e. The lowest BCUT2D eigenvalue weighted by Gasteiger charge is -2.12. The van der Waals surface area contributed by atoms with Crippen molar-refractivity contribution in [3.63, 3.8) is 0 Å². The number of carbonyl (C=O) groups is 4. The zero-order valence-electron chi connectivity index (χ0n) is 44.2. The van der Waals surface area contributed by atoms with Crippen LogP contribution < -0.4 is 29.1 Å². The van der Waals surface area contributed by atoms with E-state index >= 15 is 0 Å². The van der Waals surface area contributed by atoms with Crippen LogP contribution in [0.3, 0.4) is 0 Å². The summed E-state index contributed by atoms with van der Waals surface area (Å²) in [5, 5.41) is 27.8. The Labute approximate surface area is 496 Å². The van der Waals surface area contributed by atoms with Gasteiger partial charge in [-0.05, 0) is 118 Å². The molecular formula is C58H55BBrCl4FN2O14. The zero-order chi connectivity index (χ0) is 59.0. The van der Waals surface area contributed by atoms with Gasteiger partial charge in [0, 0.05) is 55.0 Å². The Bertz CT molecular complexity index is 3270. The van der Waals surface area contributed by atoms with Crippen molar-refractivity contribution in [2.24, 2.45) is 0 Å². The number of halogens is 6. The lowest BCUT2D eigenvalue weighted by atomic mass is 9.80. The van der Waals surface area contributed by atoms with Crippen LogP contribution in [0.2, 0.25) is 20.1 Å². The van der Waals surface area contributed by atoms with Gasteiger partial charge in [-0.15, -0.1) is 0 Å². The second-order valence-electron chi connectivity index (χ2n) is 17.0. The van der Waals surface area contributed by atoms with Crippen molar-refractivity contribution in [2.75, 3.05) is 54.9 Å². The second kappa shape index (κ2) is 33.4. The molecule has 0 saturated carbocycles. The molecule has 0 atom stereocenters. The molecule has 5 aromatic carbocycles. The molecule has 0 radical (unpaired) electrons. The van der Waals surface area contributed by atoms with Gasteiger partial charge in [0.1, 0.15) is 35.0 Å². The van der Waals surface area contributed by atoms with Gasteiger partial charge in [-0.2, -0.15) is 0 Å². The topological polar surface area (TPSA) is 219 Å². The van der Waals surface area contributed by atoms with E-state index in [1.165, 1.54) is 38.5 Å². The van der Waals surface area contributed by atoms with E-state index in [2.05, 4.69) is 25.9 Å². The molecule has 7 rings (SSSR count). The third-order valence-electron chi connectivity index (χ3n) is 11.5. The molecule has 81 heavy (non-hydrogen) atoms. The highest BCUT2D eigenvalue weighted by Crippen LogP contribution is 2.32. The normalized spacial score (nSPS) is 10.6. The van der Waals surface area contributed by atoms with Crippen molar-refractivity contribution < 1.29 is 71.9 Å². The summed E-state index contributed by atoms with van der Waals surface area (Å²) in [6.45, 7) is 1.38. The summed E-state index contributed by atoms with van der Waals surface area (Å²) in [5.41, 5.74) is 4.53. The Balaban J connectivity index is 0.000000250. The van der Waals surface area contributed by atoms with Gasteiger partial charge in [-0.25, -0.2) is 14.4 Å². The number of pyridine rings is 2. The number of hydrogen-bond donors (Lipinski definition) is 3. The molecule has 2 heterocycles. The van der Waals surface area contributed by atoms with Crippen LogP contribution in [0.1, 0.15) is 78.5 Å². The molecule has 0 saturated heterocycles. The molecule has 7 aromatic rings. The Morgan fingerprint density at radius 2 is 1.10 bits per heavy atom. The van der Waals surface area contributed by atoms with Gasteiger partial charge in [0.2, 0.25) is 0 Å². The van der Waals surface area contributed by atoms with Gasteiger partial charge < -0.3 is 48.3 Å². The Kier molecular flexibility index (Phi) is 27.0. The van der Waals surface area contributed by atoms with E-state index < -0.39 is 12.9 Å². The number of nitrogens with zero attached hydrogens (tertiary/aromatic N) is 2. The van der Waals surface area contributed by atoms with Crippen LogP contribution in [-0.2, 0) is 22.7 Å². The predicted molar refractivity (Wildman–Crippen MR) is 311 cm³/mol. The minimum absolute atomic E-state index is 0.00242. The number of aliphatic hydroxyl groups is 1. The molecular weight excluding hydrogens is 1200 g/mol. The molecule has 0 bridgehead atoms. The van der Waals surface area contributed by atoms with Crippen molar-refractivity contribution in [1.82, 2.24) is 9.97 Å². The number of Topliss-reactive ketones (excluding diaryl/α,β-unsaturated/α-hetero) is 4. The average Bonchev–Trinajstić information content (AvgIpc) is 3.58. The fraction of sp³-hybridized carbons (Fsp3) is 0.241. The predicted octanol–water partition coefficient (Wildman–Crippen LogP) is 11.5. The third kappa shape index (κ3) is 20.2. The van der Waals surface area contributed by atoms with Gasteiger partial charge in [0.15, 0.2) is 51.9 Å². The number of hydrogen-bond acceptors (Lipinski definition) is 16. The summed E-state index contributed by atoms with van der Waals surface area (Å²) in [6, 6.07) is 32.6. The lowest BCUT2D eigenvalue weighted by molar-refractivity contribution is 0.0878. The van der Waals surface area contributed by atoms with E-state index in [9.17, 15) is 23.6 Å². The van der Waals surface area contributed by atoms with Crippen molar-refractivity contribution in [3.8, 4) is 40.0 Å². The Morgan fingerprint density at radius 1 is 0.556 bits per heavy atom. The maximum atomic E-state index is 13.3. The van der Waals surface area contributed by atoms with Crippen molar-refractivity contribution in [1.29, 1.82) is 0 Å². The summed E-state index contributed by atoms with van der Waals surface area (Å²) < 4.78 is 51.0. The Morgan fingerprint density at radius 3 is 1.62 bits per heavy atom. The number of methoxy groups -OCH3 is 4. The molecule has 426 valence electrons. The summed E-state index contributed by atoms with van der Waals surface area (Å²) in [6.07, 6.45) is -0.0716. The lowest BCUT2D eigenvalue weighted by Crippen LogP contribution is -2.29. The smallest absolute Gasteiger partial charge is 0.488 e. The average molecular weight is 1260 g/mol. The quantitative estimate of drug-likeness (QED) is 0.0199. The fourth-order valence-electron chi connectivity index (χ4n) is 7.25. The minimum Gasteiger partial charge on any atom is -0.497 e. The van der Waals surface area contributed by atoms with Crippen molar-refractivity contribution in [3.05, 3.63) is 185 Å². The summed E-state index contributed by atoms with van der Waals surface area (Å²) in [4.78, 5) is 58.9. The molecule has 0 aliphatic heterocycles. The van der Waals surface area contributed by atoms with E-state index in [0.717, 1.165) is 22.9 Å². The minimum atomic E-state index is -1.50. The summed E-state index contributed by atoms with van der Waals surface area (Å²) >= 11 is 26.4. The van der Waals surface area contributed by atoms with E-state index in [0.29, 0.717) is 97.4 Å². The van der Waals surface area contributed by atoms with Crippen molar-refractivity contribution >= 4 is 98.0 Å². The maximum absolute atomic E-state index is 13.3. The highest BCUT2D eigenvalue weighted by atomic mass is 79.9. The molecule has 0 aliphatic rings. The standard InChI is InChI=1S/C26H25BrFNO6.C26H25Cl2NO6.C6H5BCl2O2/c1-32-19-6-3-17(4-7-19)16-34-13-14-35-24-12-5-18(15-25(24)33-2)22(30)10-11-23(31)21-9-8-20(28)26(27)29-21;1-33-15-18-4-7-21(29-26(18)17-3-6-19(27)20(28)13-17)23(32)9-8-22(31)16-5-10-24(35-12-11-30)25(14-16)34-2;8-5-2-1-4(7(10)11)3-6(5)9/h3-9,12,15H,10-11,13-14,16H2,1-2H3;3-7,10,13-14,30H,8-9,11-12,15H2,1-2H3;1-3,10-11H. The number of carbonyl (C=O) groups excluding carboxylic acids is 4. The molecule has 16 nitrogen and oxygen atoms in total. The summed E-state index contributed by atoms with van der Waals surface area (Å²) in [7, 11) is 4.64. The fourth-order valence-corrected chi connectivity index (χ4v) is 8.18. The van der Waals surface area contributed by atoms with Crippen LogP contribution in [0, 0.1) is 5.82 Å². The molecule has 0 amide bonds. The zero-order valence-corrected chi connectivity index (χ0v) is 48.8. The number of aliphatic hydroxyl groups excluding tert-OH is 1. The second-order valence-corrected chi connectivity index (χ2v) is 19.4. The first-order valence-electron chi connectivity index (χ1n) is 24.5. The molecule has 0 unspecified atom stereocenters. The van der Waals surface area contributed by atoms with Gasteiger partial charge in [0.25, 0.3) is 0 Å². The van der Waals surface area contributed by atoms with E-state index in [1.54, 1.807) is 80.9 Å². The molecule has 3 N–H and O–H groups in total. The first kappa shape index (κ1) is 65.3. The molecule has 0 spiro atoms. The van der Waals surface area contributed by atoms with Crippen LogP contribution in [0.4, 0.5) is 4.39 Å². The number of benzene rings is 5. The SMILES string of the molecule is COCc1ccc(C(=O)CCC(=O)c2ccc(OCCO)c(OC)c2)nc1-c1ccc(Cl)c(Cl)c1.COc1ccc(COCCOc2ccc(C(=O)CCC(=O)c3ccc(F)c(Br)n3)cc2OC)cc1.OB(O)c1ccc(Cl)c(Cl)c1. The molecule has 2 aromatic heterocycles. The first-order chi connectivity index (χ1) is 38.9. The monoisotopic (exact) mass is 1250 g/mol. The molecule has 0 aliphatic carbocycles. The highest BCUT2D eigenvalue weighted by Gasteiger charge is 2.19. The largest absolute Gasteiger partial charge is 0.497 e. The molecule has 23 heteroatoms. The van der Waals surface area contributed by atoms with Crippen molar-refractivity contribution in [2.45, 2.75) is 38.9 Å².